The monoisotopic (exact) mass is 289 g/mol. The van der Waals surface area contributed by atoms with Gasteiger partial charge < -0.3 is 15.4 Å². The lowest BCUT2D eigenvalue weighted by molar-refractivity contribution is -0.140. The molecule has 1 amide bonds. The summed E-state index contributed by atoms with van der Waals surface area (Å²) in [6.07, 6.45) is 1.21. The van der Waals surface area contributed by atoms with Crippen LogP contribution in [0.2, 0.25) is 0 Å². The van der Waals surface area contributed by atoms with Crippen molar-refractivity contribution in [3.63, 3.8) is 0 Å². The molecule has 0 saturated carbocycles. The molecule has 1 unspecified atom stereocenters. The number of carbonyl (C=O) groups excluding carboxylic acids is 1. The van der Waals surface area contributed by atoms with Gasteiger partial charge in [0.25, 0.3) is 5.91 Å². The molecule has 0 aromatic carbocycles. The van der Waals surface area contributed by atoms with Crippen molar-refractivity contribution in [2.45, 2.75) is 17.9 Å². The van der Waals surface area contributed by atoms with E-state index in [0.717, 1.165) is 17.4 Å². The predicted octanol–water partition coefficient (Wildman–Crippen LogP) is -0.782. The smallest absolute Gasteiger partial charge is 0.321 e. The molecule has 1 aromatic rings. The van der Waals surface area contributed by atoms with Gasteiger partial charge in [-0.25, -0.2) is 8.42 Å². The zero-order valence-corrected chi connectivity index (χ0v) is 11.5. The third-order valence-corrected chi connectivity index (χ3v) is 4.71. The number of nitrogens with two attached hydrogens (primary N) is 1. The summed E-state index contributed by atoms with van der Waals surface area (Å²) in [5.74, 6) is -2.03. The topological polar surface area (TPSA) is 123 Å². The largest absolute Gasteiger partial charge is 0.480 e. The highest BCUT2D eigenvalue weighted by atomic mass is 32.2. The maximum atomic E-state index is 12.2. The number of aryl methyl sites for hydroxylation is 1. The maximum Gasteiger partial charge on any atom is 0.321 e. The summed E-state index contributed by atoms with van der Waals surface area (Å²) in [6.45, 7) is 1.25. The highest BCUT2D eigenvalue weighted by molar-refractivity contribution is 7.89. The zero-order valence-electron chi connectivity index (χ0n) is 10.7. The number of nitrogens with zero attached hydrogens (tertiary/aromatic N) is 2. The van der Waals surface area contributed by atoms with Crippen molar-refractivity contribution in [1.82, 2.24) is 8.87 Å². The van der Waals surface area contributed by atoms with E-state index < -0.39 is 27.9 Å². The Kier molecular flexibility index (Phi) is 4.01. The number of sulfonamides is 1. The number of carboxylic acids is 1. The van der Waals surface area contributed by atoms with Gasteiger partial charge in [0.2, 0.25) is 10.0 Å². The van der Waals surface area contributed by atoms with Gasteiger partial charge in [-0.2, -0.15) is 4.31 Å². The SMILES string of the molecule is CC(C(=O)O)N(C)S(=O)(=O)c1cc(C(N)=O)n(C)c1. The van der Waals surface area contributed by atoms with Gasteiger partial charge in [0.05, 0.1) is 0 Å². The number of primary amides is 1. The number of hydrogen-bond acceptors (Lipinski definition) is 4. The summed E-state index contributed by atoms with van der Waals surface area (Å²) < 4.78 is 26.3. The first-order chi connectivity index (χ1) is 8.59. The summed E-state index contributed by atoms with van der Waals surface area (Å²) in [5, 5.41) is 8.83. The van der Waals surface area contributed by atoms with Crippen molar-refractivity contribution in [2.24, 2.45) is 12.8 Å². The van der Waals surface area contributed by atoms with Crippen molar-refractivity contribution >= 4 is 21.9 Å². The van der Waals surface area contributed by atoms with Gasteiger partial charge in [-0.1, -0.05) is 0 Å². The molecule has 19 heavy (non-hydrogen) atoms. The minimum Gasteiger partial charge on any atom is -0.480 e. The Bertz CT molecular complexity index is 619. The molecule has 0 aliphatic rings. The molecule has 0 fully saturated rings. The molecular formula is C10H15N3O5S. The lowest BCUT2D eigenvalue weighted by atomic mass is 10.4. The average molecular weight is 289 g/mol. The fourth-order valence-corrected chi connectivity index (χ4v) is 2.84. The van der Waals surface area contributed by atoms with Gasteiger partial charge in [0.1, 0.15) is 16.6 Å². The Morgan fingerprint density at radius 3 is 2.37 bits per heavy atom. The van der Waals surface area contributed by atoms with Gasteiger partial charge in [-0.15, -0.1) is 0 Å². The Morgan fingerprint density at radius 2 is 2.00 bits per heavy atom. The van der Waals surface area contributed by atoms with E-state index in [4.69, 9.17) is 10.8 Å². The molecule has 0 bridgehead atoms. The molecule has 8 nitrogen and oxygen atoms in total. The van der Waals surface area contributed by atoms with Crippen LogP contribution in [0.15, 0.2) is 17.2 Å². The molecule has 1 aromatic heterocycles. The summed E-state index contributed by atoms with van der Waals surface area (Å²) in [4.78, 5) is 21.7. The fourth-order valence-electron chi connectivity index (χ4n) is 1.45. The van der Waals surface area contributed by atoms with Crippen molar-refractivity contribution in [1.29, 1.82) is 0 Å². The third kappa shape index (κ3) is 2.76. The fraction of sp³-hybridized carbons (Fsp3) is 0.400. The number of aliphatic carboxylic acids is 1. The van der Waals surface area contributed by atoms with Gasteiger partial charge in [-0.3, -0.25) is 9.59 Å². The minimum atomic E-state index is -3.99. The number of amides is 1. The van der Waals surface area contributed by atoms with Crippen LogP contribution >= 0.6 is 0 Å². The van der Waals surface area contributed by atoms with E-state index >= 15 is 0 Å². The highest BCUT2D eigenvalue weighted by Gasteiger charge is 2.31. The maximum absolute atomic E-state index is 12.2. The Morgan fingerprint density at radius 1 is 1.47 bits per heavy atom. The zero-order chi connectivity index (χ0) is 15.0. The summed E-state index contributed by atoms with van der Waals surface area (Å²) in [6, 6.07) is -0.106. The van der Waals surface area contributed by atoms with Crippen LogP contribution < -0.4 is 5.73 Å². The molecule has 0 aliphatic heterocycles. The quantitative estimate of drug-likeness (QED) is 0.736. The molecule has 106 valence electrons. The van der Waals surface area contributed by atoms with E-state index in [9.17, 15) is 18.0 Å². The van der Waals surface area contributed by atoms with Crippen LogP contribution in [0.1, 0.15) is 17.4 Å². The van der Waals surface area contributed by atoms with E-state index in [-0.39, 0.29) is 10.6 Å². The molecule has 0 aliphatic carbocycles. The molecule has 1 atom stereocenters. The number of carboxylic acid groups (broad SMARTS) is 1. The average Bonchev–Trinajstić information content (AvgIpc) is 2.69. The molecule has 1 heterocycles. The van der Waals surface area contributed by atoms with E-state index in [1.807, 2.05) is 0 Å². The molecule has 0 radical (unpaired) electrons. The molecule has 1 rings (SSSR count). The Labute approximate surface area is 110 Å². The van der Waals surface area contributed by atoms with Gasteiger partial charge in [-0.05, 0) is 13.0 Å². The molecule has 9 heteroatoms. The summed E-state index contributed by atoms with van der Waals surface area (Å²) in [5.41, 5.74) is 5.12. The van der Waals surface area contributed by atoms with Crippen LogP contribution in [0.4, 0.5) is 0 Å². The lowest BCUT2D eigenvalue weighted by Gasteiger charge is -2.20. The number of likely N-dealkylation sites (N-methyl/N-ethyl adjacent to an activating group) is 1. The summed E-state index contributed by atoms with van der Waals surface area (Å²) in [7, 11) is -1.36. The van der Waals surface area contributed by atoms with Crippen molar-refractivity contribution < 1.29 is 23.1 Å². The predicted molar refractivity (Wildman–Crippen MR) is 66.0 cm³/mol. The number of hydrogen-bond donors (Lipinski definition) is 2. The Balaban J connectivity index is 3.25. The van der Waals surface area contributed by atoms with Gasteiger partial charge in [0, 0.05) is 20.3 Å². The van der Waals surface area contributed by atoms with Gasteiger partial charge >= 0.3 is 5.97 Å². The first-order valence-corrected chi connectivity index (χ1v) is 6.70. The van der Waals surface area contributed by atoms with E-state index in [2.05, 4.69) is 0 Å². The second-order valence-corrected chi connectivity index (χ2v) is 6.07. The van der Waals surface area contributed by atoms with E-state index in [0.29, 0.717) is 0 Å². The first kappa shape index (κ1) is 15.2. The van der Waals surface area contributed by atoms with Crippen molar-refractivity contribution in [3.8, 4) is 0 Å². The van der Waals surface area contributed by atoms with Gasteiger partial charge in [0.15, 0.2) is 0 Å². The molecule has 3 N–H and O–H groups in total. The van der Waals surface area contributed by atoms with Crippen LogP contribution in [0.25, 0.3) is 0 Å². The highest BCUT2D eigenvalue weighted by Crippen LogP contribution is 2.19. The molecule has 0 saturated heterocycles. The van der Waals surface area contributed by atoms with Crippen molar-refractivity contribution in [2.75, 3.05) is 7.05 Å². The van der Waals surface area contributed by atoms with Crippen LogP contribution in [-0.2, 0) is 21.9 Å². The third-order valence-electron chi connectivity index (χ3n) is 2.81. The Hall–Kier alpha value is -1.87. The van der Waals surface area contributed by atoms with Crippen LogP contribution in [0.3, 0.4) is 0 Å². The minimum absolute atomic E-state index is 0.0231. The molecular weight excluding hydrogens is 274 g/mol. The second-order valence-electron chi connectivity index (χ2n) is 4.07. The van der Waals surface area contributed by atoms with E-state index in [1.54, 1.807) is 0 Å². The molecule has 0 spiro atoms. The first-order valence-electron chi connectivity index (χ1n) is 5.26. The van der Waals surface area contributed by atoms with Crippen LogP contribution in [0.5, 0.6) is 0 Å². The van der Waals surface area contributed by atoms with Crippen LogP contribution in [0, 0.1) is 0 Å². The van der Waals surface area contributed by atoms with Crippen LogP contribution in [-0.4, -0.2) is 47.4 Å². The second kappa shape index (κ2) is 5.02. The number of rotatable bonds is 5. The normalized spacial score (nSPS) is 13.5. The van der Waals surface area contributed by atoms with E-state index in [1.165, 1.54) is 24.7 Å². The number of aromatic nitrogens is 1. The number of carbonyl (C=O) groups is 2. The summed E-state index contributed by atoms with van der Waals surface area (Å²) >= 11 is 0. The lowest BCUT2D eigenvalue weighted by Crippen LogP contribution is -2.40. The van der Waals surface area contributed by atoms with Crippen molar-refractivity contribution in [3.05, 3.63) is 18.0 Å². The standard InChI is InChI=1S/C10H15N3O5S/c1-6(10(15)16)13(3)19(17,18)7-4-8(9(11)14)12(2)5-7/h4-6H,1-3H3,(H2,11,14)(H,15,16).